The molecule has 3 aromatic carbocycles. The van der Waals surface area contributed by atoms with Crippen molar-refractivity contribution in [3.8, 4) is 22.3 Å². The fraction of sp³-hybridized carbons (Fsp3) is 0.0833. The summed E-state index contributed by atoms with van der Waals surface area (Å²) in [6, 6.07) is 20.3. The second-order valence-corrected chi connectivity index (χ2v) is 9.64. The van der Waals surface area contributed by atoms with Crippen molar-refractivity contribution in [2.75, 3.05) is 0 Å². The van der Waals surface area contributed by atoms with Gasteiger partial charge in [-0.05, 0) is 68.9 Å². The van der Waals surface area contributed by atoms with Crippen molar-refractivity contribution in [1.82, 2.24) is 4.72 Å². The molecule has 4 rings (SSSR count). The molecule has 0 aliphatic heterocycles. The Morgan fingerprint density at radius 2 is 1.56 bits per heavy atom. The third-order valence-electron chi connectivity index (χ3n) is 4.99. The van der Waals surface area contributed by atoms with Gasteiger partial charge in [-0.3, -0.25) is 0 Å². The quantitative estimate of drug-likeness (QED) is 0.344. The van der Waals surface area contributed by atoms with E-state index in [1.807, 2.05) is 41.1 Å². The van der Waals surface area contributed by atoms with Crippen LogP contribution in [0.15, 0.2) is 94.5 Å². The monoisotopic (exact) mass is 473 g/mol. The van der Waals surface area contributed by atoms with Crippen molar-refractivity contribution in [1.29, 1.82) is 0 Å². The Labute approximate surface area is 188 Å². The fourth-order valence-corrected chi connectivity index (χ4v) is 4.99. The van der Waals surface area contributed by atoms with E-state index in [-0.39, 0.29) is 11.4 Å². The van der Waals surface area contributed by atoms with Crippen molar-refractivity contribution >= 4 is 21.4 Å². The number of halogens is 3. The Morgan fingerprint density at radius 1 is 0.812 bits per heavy atom. The van der Waals surface area contributed by atoms with Crippen LogP contribution >= 0.6 is 11.3 Å². The van der Waals surface area contributed by atoms with Gasteiger partial charge in [0.15, 0.2) is 0 Å². The van der Waals surface area contributed by atoms with E-state index in [0.717, 1.165) is 28.8 Å². The number of thiophene rings is 1. The van der Waals surface area contributed by atoms with E-state index in [9.17, 15) is 21.6 Å². The molecule has 0 radical (unpaired) electrons. The number of sulfonamides is 1. The normalized spacial score (nSPS) is 12.1. The van der Waals surface area contributed by atoms with Crippen LogP contribution in [0.5, 0.6) is 0 Å². The minimum Gasteiger partial charge on any atom is -0.207 e. The lowest BCUT2D eigenvalue weighted by atomic mass is 10.0. The molecule has 8 heteroatoms. The van der Waals surface area contributed by atoms with Crippen LogP contribution in [-0.4, -0.2) is 8.42 Å². The van der Waals surface area contributed by atoms with Gasteiger partial charge in [0, 0.05) is 6.54 Å². The van der Waals surface area contributed by atoms with Gasteiger partial charge < -0.3 is 0 Å². The molecule has 3 nitrogen and oxygen atoms in total. The zero-order valence-corrected chi connectivity index (χ0v) is 18.3. The third kappa shape index (κ3) is 4.93. The van der Waals surface area contributed by atoms with Crippen LogP contribution in [0.3, 0.4) is 0 Å². The average molecular weight is 474 g/mol. The van der Waals surface area contributed by atoms with Gasteiger partial charge in [0.2, 0.25) is 10.0 Å². The standard InChI is InChI=1S/C24H18F3NO2S2/c25-24(26,27)21-6-3-5-18(14-21)17-8-10-22(11-9-17)32(29,30)28-15-19-4-1-2-7-23(19)20-12-13-31-16-20/h1-14,16,28H,15H2. The minimum absolute atomic E-state index is 0.0428. The molecule has 0 atom stereocenters. The molecular formula is C24H18F3NO2S2. The second-order valence-electron chi connectivity index (χ2n) is 7.10. The molecule has 0 bridgehead atoms. The molecule has 0 amide bonds. The molecular weight excluding hydrogens is 455 g/mol. The minimum atomic E-state index is -4.44. The van der Waals surface area contributed by atoms with E-state index in [4.69, 9.17) is 0 Å². The van der Waals surface area contributed by atoms with E-state index in [2.05, 4.69) is 4.72 Å². The number of rotatable bonds is 6. The number of alkyl halides is 3. The highest BCUT2D eigenvalue weighted by Crippen LogP contribution is 2.32. The van der Waals surface area contributed by atoms with Crippen LogP contribution < -0.4 is 4.72 Å². The van der Waals surface area contributed by atoms with Crippen LogP contribution in [0.4, 0.5) is 13.2 Å². The predicted octanol–water partition coefficient (Wildman–Crippen LogP) is 6.58. The molecule has 0 saturated carbocycles. The second kappa shape index (κ2) is 8.90. The lowest BCUT2D eigenvalue weighted by Crippen LogP contribution is -2.23. The summed E-state index contributed by atoms with van der Waals surface area (Å²) in [6.07, 6.45) is -4.44. The van der Waals surface area contributed by atoms with Crippen LogP contribution in [0, 0.1) is 0 Å². The maximum absolute atomic E-state index is 13.0. The smallest absolute Gasteiger partial charge is 0.207 e. The lowest BCUT2D eigenvalue weighted by Gasteiger charge is -2.12. The maximum atomic E-state index is 13.0. The first-order valence-corrected chi connectivity index (χ1v) is 12.0. The Hall–Kier alpha value is -2.94. The summed E-state index contributed by atoms with van der Waals surface area (Å²) in [5, 5.41) is 3.96. The summed E-state index contributed by atoms with van der Waals surface area (Å²) in [4.78, 5) is 0.0428. The molecule has 1 heterocycles. The molecule has 0 fully saturated rings. The van der Waals surface area contributed by atoms with E-state index < -0.39 is 21.8 Å². The highest BCUT2D eigenvalue weighted by Gasteiger charge is 2.30. The molecule has 0 unspecified atom stereocenters. The molecule has 1 N–H and O–H groups in total. The first-order valence-electron chi connectivity index (χ1n) is 9.62. The number of nitrogens with one attached hydrogen (secondary N) is 1. The molecule has 0 saturated heterocycles. The summed E-state index contributed by atoms with van der Waals surface area (Å²) >= 11 is 1.56. The molecule has 0 aliphatic rings. The van der Waals surface area contributed by atoms with Gasteiger partial charge >= 0.3 is 6.18 Å². The van der Waals surface area contributed by atoms with E-state index in [0.29, 0.717) is 11.1 Å². The molecule has 4 aromatic rings. The third-order valence-corrected chi connectivity index (χ3v) is 7.09. The summed E-state index contributed by atoms with van der Waals surface area (Å²) in [5.41, 5.74) is 2.93. The zero-order chi connectivity index (χ0) is 22.8. The van der Waals surface area contributed by atoms with Gasteiger partial charge in [-0.1, -0.05) is 48.5 Å². The Kier molecular flexibility index (Phi) is 6.19. The van der Waals surface area contributed by atoms with Gasteiger partial charge in [0.05, 0.1) is 10.5 Å². The fourth-order valence-electron chi connectivity index (χ4n) is 3.33. The molecule has 32 heavy (non-hydrogen) atoms. The van der Waals surface area contributed by atoms with Crippen molar-refractivity contribution < 1.29 is 21.6 Å². The first-order chi connectivity index (χ1) is 15.2. The topological polar surface area (TPSA) is 46.2 Å². The zero-order valence-electron chi connectivity index (χ0n) is 16.6. The highest BCUT2D eigenvalue weighted by atomic mass is 32.2. The van der Waals surface area contributed by atoms with Crippen LogP contribution in [0.2, 0.25) is 0 Å². The van der Waals surface area contributed by atoms with Crippen LogP contribution in [0.1, 0.15) is 11.1 Å². The van der Waals surface area contributed by atoms with Gasteiger partial charge in [-0.2, -0.15) is 24.5 Å². The summed E-state index contributed by atoms with van der Waals surface area (Å²) < 4.78 is 67.0. The van der Waals surface area contributed by atoms with Gasteiger partial charge in [-0.15, -0.1) is 0 Å². The van der Waals surface area contributed by atoms with Crippen molar-refractivity contribution in [3.05, 3.63) is 101 Å². The summed E-state index contributed by atoms with van der Waals surface area (Å²) in [6.45, 7) is 0.115. The van der Waals surface area contributed by atoms with Crippen LogP contribution in [0.25, 0.3) is 22.3 Å². The Bertz CT molecular complexity index is 1310. The van der Waals surface area contributed by atoms with Crippen molar-refractivity contribution in [3.63, 3.8) is 0 Å². The summed E-state index contributed by atoms with van der Waals surface area (Å²) in [5.74, 6) is 0. The largest absolute Gasteiger partial charge is 0.416 e. The number of hydrogen-bond acceptors (Lipinski definition) is 3. The number of hydrogen-bond donors (Lipinski definition) is 1. The van der Waals surface area contributed by atoms with E-state index in [1.165, 1.54) is 30.3 Å². The Balaban J connectivity index is 1.53. The lowest BCUT2D eigenvalue weighted by molar-refractivity contribution is -0.137. The van der Waals surface area contributed by atoms with Gasteiger partial charge in [-0.25, -0.2) is 13.1 Å². The van der Waals surface area contributed by atoms with Crippen LogP contribution in [-0.2, 0) is 22.7 Å². The summed E-state index contributed by atoms with van der Waals surface area (Å²) in [7, 11) is -3.80. The highest BCUT2D eigenvalue weighted by molar-refractivity contribution is 7.89. The first kappa shape index (κ1) is 22.3. The van der Waals surface area contributed by atoms with Crippen molar-refractivity contribution in [2.45, 2.75) is 17.6 Å². The molecule has 0 spiro atoms. The van der Waals surface area contributed by atoms with Gasteiger partial charge in [0.25, 0.3) is 0 Å². The average Bonchev–Trinajstić information content (AvgIpc) is 3.32. The predicted molar refractivity (Wildman–Crippen MR) is 121 cm³/mol. The van der Waals surface area contributed by atoms with E-state index in [1.54, 1.807) is 17.4 Å². The maximum Gasteiger partial charge on any atom is 0.416 e. The molecule has 164 valence electrons. The van der Waals surface area contributed by atoms with Crippen molar-refractivity contribution in [2.24, 2.45) is 0 Å². The molecule has 1 aromatic heterocycles. The van der Waals surface area contributed by atoms with Gasteiger partial charge in [0.1, 0.15) is 0 Å². The number of benzene rings is 3. The molecule has 0 aliphatic carbocycles. The SMILES string of the molecule is O=S(=O)(NCc1ccccc1-c1ccsc1)c1ccc(-c2cccc(C(F)(F)F)c2)cc1. The Morgan fingerprint density at radius 3 is 2.25 bits per heavy atom. The van der Waals surface area contributed by atoms with E-state index >= 15 is 0 Å².